The van der Waals surface area contributed by atoms with Crippen LogP contribution in [0.25, 0.3) is 0 Å². The van der Waals surface area contributed by atoms with Crippen molar-refractivity contribution in [3.63, 3.8) is 0 Å². The van der Waals surface area contributed by atoms with E-state index < -0.39 is 0 Å². The van der Waals surface area contributed by atoms with Crippen molar-refractivity contribution < 1.29 is 0 Å². The van der Waals surface area contributed by atoms with Crippen LogP contribution in [0.5, 0.6) is 0 Å². The molecule has 4 heteroatoms. The van der Waals surface area contributed by atoms with Crippen LogP contribution in [0.3, 0.4) is 0 Å². The molecule has 0 fully saturated rings. The largest absolute Gasteiger partial charge is 0.333 e. The van der Waals surface area contributed by atoms with Gasteiger partial charge in [0.1, 0.15) is 0 Å². The normalized spacial score (nSPS) is 10.6. The van der Waals surface area contributed by atoms with E-state index in [-0.39, 0.29) is 0 Å². The zero-order valence-corrected chi connectivity index (χ0v) is 6.07. The van der Waals surface area contributed by atoms with Gasteiger partial charge >= 0.3 is 0 Å². The zero-order chi connectivity index (χ0) is 7.40. The molecule has 0 radical (unpaired) electrons. The van der Waals surface area contributed by atoms with Gasteiger partial charge in [0, 0.05) is 20.3 Å². The highest BCUT2D eigenvalue weighted by Crippen LogP contribution is 2.04. The summed E-state index contributed by atoms with van der Waals surface area (Å²) in [5.74, 6) is 0. The number of nitrogens with zero attached hydrogens (tertiary/aromatic N) is 3. The van der Waals surface area contributed by atoms with Crippen molar-refractivity contribution in [1.29, 1.82) is 0 Å². The molecule has 0 aliphatic carbocycles. The van der Waals surface area contributed by atoms with Crippen LogP contribution in [-0.4, -0.2) is 30.6 Å². The van der Waals surface area contributed by atoms with E-state index in [0.29, 0.717) is 0 Å². The Morgan fingerprint density at radius 3 is 3.10 bits per heavy atom. The molecule has 0 atom stereocenters. The molecule has 0 spiro atoms. The van der Waals surface area contributed by atoms with E-state index in [1.807, 2.05) is 18.1 Å². The highest BCUT2D eigenvalue weighted by atomic mass is 15.2. The van der Waals surface area contributed by atoms with Gasteiger partial charge in [-0.25, -0.2) is 0 Å². The molecular formula is C6H10N4. The van der Waals surface area contributed by atoms with E-state index in [4.69, 9.17) is 0 Å². The Morgan fingerprint density at radius 2 is 2.60 bits per heavy atom. The third kappa shape index (κ3) is 1.34. The van der Waals surface area contributed by atoms with Crippen LogP contribution in [-0.2, 0) is 0 Å². The first-order valence-corrected chi connectivity index (χ1v) is 2.98. The number of aromatic amines is 1. The lowest BCUT2D eigenvalue weighted by molar-refractivity contribution is 1.09. The van der Waals surface area contributed by atoms with Crippen molar-refractivity contribution in [2.45, 2.75) is 0 Å². The summed E-state index contributed by atoms with van der Waals surface area (Å²) in [6.07, 6.45) is 5.27. The Bertz CT molecular complexity index is 202. The Balaban J connectivity index is 2.67. The van der Waals surface area contributed by atoms with Crippen molar-refractivity contribution in [3.05, 3.63) is 12.4 Å². The molecule has 1 aromatic rings. The predicted molar refractivity (Wildman–Crippen MR) is 41.4 cm³/mol. The monoisotopic (exact) mass is 138 g/mol. The van der Waals surface area contributed by atoms with Crippen molar-refractivity contribution in [3.8, 4) is 0 Å². The summed E-state index contributed by atoms with van der Waals surface area (Å²) in [4.78, 5) is 5.73. The number of anilines is 1. The molecule has 0 saturated carbocycles. The summed E-state index contributed by atoms with van der Waals surface area (Å²) >= 11 is 0. The van der Waals surface area contributed by atoms with Gasteiger partial charge in [0.2, 0.25) is 0 Å². The molecule has 0 saturated heterocycles. The van der Waals surface area contributed by atoms with Gasteiger partial charge in [0.05, 0.1) is 18.2 Å². The van der Waals surface area contributed by atoms with Gasteiger partial charge in [-0.05, 0) is 0 Å². The second-order valence-electron chi connectivity index (χ2n) is 1.94. The van der Waals surface area contributed by atoms with E-state index in [9.17, 15) is 0 Å². The van der Waals surface area contributed by atoms with E-state index in [2.05, 4.69) is 15.2 Å². The Hall–Kier alpha value is -1.32. The summed E-state index contributed by atoms with van der Waals surface area (Å²) in [6.45, 7) is 0. The summed E-state index contributed by atoms with van der Waals surface area (Å²) in [6, 6.07) is 0. The fraction of sp³-hybridized carbons (Fsp3) is 0.333. The first kappa shape index (κ1) is 6.80. The Kier molecular flexibility index (Phi) is 2.04. The second kappa shape index (κ2) is 3.00. The maximum absolute atomic E-state index is 3.85. The molecule has 54 valence electrons. The van der Waals surface area contributed by atoms with Crippen molar-refractivity contribution in [2.75, 3.05) is 19.0 Å². The molecule has 4 nitrogen and oxygen atoms in total. The molecule has 0 aromatic carbocycles. The quantitative estimate of drug-likeness (QED) is 0.478. The third-order valence-corrected chi connectivity index (χ3v) is 1.18. The number of aromatic nitrogens is 2. The standard InChI is InChI=1S/C6H10N4/c1-7-5-10(2)6-3-8-9-4-6/h3-5H,1-2H3,(H,8,9). The predicted octanol–water partition coefficient (Wildman–Crippen LogP) is 0.504. The first-order valence-electron chi connectivity index (χ1n) is 2.98. The first-order chi connectivity index (χ1) is 4.84. The fourth-order valence-corrected chi connectivity index (χ4v) is 0.677. The fourth-order valence-electron chi connectivity index (χ4n) is 0.677. The topological polar surface area (TPSA) is 44.3 Å². The van der Waals surface area contributed by atoms with Crippen LogP contribution in [0.4, 0.5) is 5.69 Å². The number of nitrogens with one attached hydrogen (secondary N) is 1. The highest BCUT2D eigenvalue weighted by molar-refractivity contribution is 5.77. The maximum Gasteiger partial charge on any atom is 0.0889 e. The van der Waals surface area contributed by atoms with Gasteiger partial charge in [-0.15, -0.1) is 0 Å². The lowest BCUT2D eigenvalue weighted by Gasteiger charge is -2.07. The van der Waals surface area contributed by atoms with E-state index in [1.54, 1.807) is 19.6 Å². The summed E-state index contributed by atoms with van der Waals surface area (Å²) in [5, 5.41) is 6.51. The number of rotatable bonds is 2. The molecule has 1 heterocycles. The van der Waals surface area contributed by atoms with Gasteiger partial charge in [-0.2, -0.15) is 5.10 Å². The molecule has 0 aliphatic rings. The van der Waals surface area contributed by atoms with Crippen LogP contribution < -0.4 is 4.90 Å². The molecule has 1 rings (SSSR count). The number of hydrogen-bond acceptors (Lipinski definition) is 2. The number of hydrogen-bond donors (Lipinski definition) is 1. The van der Waals surface area contributed by atoms with Crippen LogP contribution in [0.15, 0.2) is 17.4 Å². The lowest BCUT2D eigenvalue weighted by Crippen LogP contribution is -2.12. The summed E-state index contributed by atoms with van der Waals surface area (Å²) < 4.78 is 0. The minimum atomic E-state index is 1.01. The molecule has 0 aliphatic heterocycles. The minimum absolute atomic E-state index is 1.01. The Morgan fingerprint density at radius 1 is 1.80 bits per heavy atom. The SMILES string of the molecule is CN=CN(C)c1cn[nH]c1. The lowest BCUT2D eigenvalue weighted by atomic mass is 10.5. The average molecular weight is 138 g/mol. The van der Waals surface area contributed by atoms with E-state index in [0.717, 1.165) is 5.69 Å². The molecule has 0 amide bonds. The minimum Gasteiger partial charge on any atom is -0.333 e. The van der Waals surface area contributed by atoms with Gasteiger partial charge in [-0.1, -0.05) is 0 Å². The molecule has 1 N–H and O–H groups in total. The third-order valence-electron chi connectivity index (χ3n) is 1.18. The van der Waals surface area contributed by atoms with Crippen molar-refractivity contribution in [2.24, 2.45) is 4.99 Å². The molecule has 0 bridgehead atoms. The molecule has 1 aromatic heterocycles. The van der Waals surface area contributed by atoms with Crippen molar-refractivity contribution >= 4 is 12.0 Å². The van der Waals surface area contributed by atoms with Crippen LogP contribution >= 0.6 is 0 Å². The van der Waals surface area contributed by atoms with Crippen LogP contribution in [0.1, 0.15) is 0 Å². The number of aliphatic imine (C=N–C) groups is 1. The smallest absolute Gasteiger partial charge is 0.0889 e. The van der Waals surface area contributed by atoms with Gasteiger partial charge in [0.15, 0.2) is 0 Å². The number of H-pyrrole nitrogens is 1. The average Bonchev–Trinajstić information content (AvgIpc) is 2.38. The second-order valence-corrected chi connectivity index (χ2v) is 1.94. The van der Waals surface area contributed by atoms with Crippen LogP contribution in [0.2, 0.25) is 0 Å². The molecule has 0 unspecified atom stereocenters. The van der Waals surface area contributed by atoms with Gasteiger partial charge in [-0.3, -0.25) is 10.1 Å². The zero-order valence-electron chi connectivity index (χ0n) is 6.07. The Labute approximate surface area is 59.6 Å². The maximum atomic E-state index is 3.85. The summed E-state index contributed by atoms with van der Waals surface area (Å²) in [7, 11) is 3.65. The molecule has 10 heavy (non-hydrogen) atoms. The van der Waals surface area contributed by atoms with E-state index in [1.165, 1.54) is 0 Å². The van der Waals surface area contributed by atoms with Gasteiger partial charge < -0.3 is 4.90 Å². The van der Waals surface area contributed by atoms with E-state index >= 15 is 0 Å². The van der Waals surface area contributed by atoms with Crippen LogP contribution in [0, 0.1) is 0 Å². The highest BCUT2D eigenvalue weighted by Gasteiger charge is 1.94. The molecular weight excluding hydrogens is 128 g/mol. The summed E-state index contributed by atoms with van der Waals surface area (Å²) in [5.41, 5.74) is 1.01. The van der Waals surface area contributed by atoms with Crippen molar-refractivity contribution in [1.82, 2.24) is 10.2 Å². The van der Waals surface area contributed by atoms with Gasteiger partial charge in [0.25, 0.3) is 0 Å².